The van der Waals surface area contributed by atoms with Crippen molar-refractivity contribution in [3.8, 4) is 0 Å². The molecule has 2 fully saturated rings. The van der Waals surface area contributed by atoms with Gasteiger partial charge in [-0.2, -0.15) is 0 Å². The maximum Gasteiger partial charge on any atom is 0.339 e. The Morgan fingerprint density at radius 1 is 1.18 bits per heavy atom. The second-order valence-electron chi connectivity index (χ2n) is 8.20. The molecule has 0 unspecified atom stereocenters. The van der Waals surface area contributed by atoms with E-state index in [2.05, 4.69) is 16.8 Å². The van der Waals surface area contributed by atoms with Crippen LogP contribution in [0.2, 0.25) is 0 Å². The SMILES string of the molecule is CC1CCN(c2ncc(C(=O)O)c(C3(c4ccc(F)cc4)CCCC3)n2)CC1. The van der Waals surface area contributed by atoms with Crippen molar-refractivity contribution < 1.29 is 14.3 Å². The second kappa shape index (κ2) is 7.49. The zero-order chi connectivity index (χ0) is 19.7. The van der Waals surface area contributed by atoms with Gasteiger partial charge < -0.3 is 10.0 Å². The molecule has 6 heteroatoms. The number of rotatable bonds is 4. The highest BCUT2D eigenvalue weighted by molar-refractivity contribution is 5.89. The molecule has 1 N–H and O–H groups in total. The number of carboxylic acids is 1. The molecule has 0 amide bonds. The summed E-state index contributed by atoms with van der Waals surface area (Å²) in [7, 11) is 0. The van der Waals surface area contributed by atoms with Gasteiger partial charge in [-0.05, 0) is 49.3 Å². The normalized spacial score (nSPS) is 19.7. The molecule has 1 saturated heterocycles. The number of benzene rings is 1. The van der Waals surface area contributed by atoms with E-state index in [9.17, 15) is 14.3 Å². The highest BCUT2D eigenvalue weighted by Crippen LogP contribution is 2.47. The van der Waals surface area contributed by atoms with Crippen molar-refractivity contribution in [2.45, 2.75) is 50.9 Å². The summed E-state index contributed by atoms with van der Waals surface area (Å²) >= 11 is 0. The summed E-state index contributed by atoms with van der Waals surface area (Å²) in [5.74, 6) is -0.00180. The fourth-order valence-electron chi connectivity index (χ4n) is 4.66. The number of aromatic nitrogens is 2. The first-order chi connectivity index (χ1) is 13.5. The van der Waals surface area contributed by atoms with E-state index in [1.807, 2.05) is 0 Å². The number of carboxylic acid groups (broad SMARTS) is 1. The average Bonchev–Trinajstić information content (AvgIpc) is 3.19. The Balaban J connectivity index is 1.81. The molecule has 5 nitrogen and oxygen atoms in total. The number of hydrogen-bond acceptors (Lipinski definition) is 4. The van der Waals surface area contributed by atoms with Crippen LogP contribution in [0.1, 0.15) is 67.1 Å². The average molecular weight is 383 g/mol. The van der Waals surface area contributed by atoms with Crippen molar-refractivity contribution >= 4 is 11.9 Å². The fourth-order valence-corrected chi connectivity index (χ4v) is 4.66. The van der Waals surface area contributed by atoms with Gasteiger partial charge >= 0.3 is 5.97 Å². The number of nitrogens with zero attached hydrogens (tertiary/aromatic N) is 3. The molecule has 2 heterocycles. The van der Waals surface area contributed by atoms with Gasteiger partial charge in [-0.1, -0.05) is 31.9 Å². The highest BCUT2D eigenvalue weighted by atomic mass is 19.1. The third-order valence-electron chi connectivity index (χ3n) is 6.38. The van der Waals surface area contributed by atoms with Gasteiger partial charge in [-0.25, -0.2) is 19.2 Å². The summed E-state index contributed by atoms with van der Waals surface area (Å²) in [6.45, 7) is 4.02. The molecule has 1 aromatic heterocycles. The fraction of sp³-hybridized carbons (Fsp3) is 0.500. The molecular weight excluding hydrogens is 357 g/mol. The van der Waals surface area contributed by atoms with E-state index in [1.165, 1.54) is 18.3 Å². The molecule has 0 atom stereocenters. The van der Waals surface area contributed by atoms with Crippen LogP contribution in [-0.2, 0) is 5.41 Å². The minimum absolute atomic E-state index is 0.153. The van der Waals surface area contributed by atoms with Gasteiger partial charge in [-0.3, -0.25) is 0 Å². The number of piperidine rings is 1. The molecule has 1 aromatic carbocycles. The number of carbonyl (C=O) groups is 1. The maximum absolute atomic E-state index is 13.5. The zero-order valence-electron chi connectivity index (χ0n) is 16.2. The summed E-state index contributed by atoms with van der Waals surface area (Å²) in [6, 6.07) is 6.45. The van der Waals surface area contributed by atoms with E-state index < -0.39 is 11.4 Å². The van der Waals surface area contributed by atoms with Crippen molar-refractivity contribution in [1.82, 2.24) is 9.97 Å². The topological polar surface area (TPSA) is 66.3 Å². The van der Waals surface area contributed by atoms with E-state index in [0.717, 1.165) is 57.2 Å². The van der Waals surface area contributed by atoms with Crippen molar-refractivity contribution in [3.63, 3.8) is 0 Å². The number of anilines is 1. The first-order valence-electron chi connectivity index (χ1n) is 10.1. The Kier molecular flexibility index (Phi) is 5.04. The lowest BCUT2D eigenvalue weighted by atomic mass is 9.74. The Morgan fingerprint density at radius 3 is 2.43 bits per heavy atom. The highest BCUT2D eigenvalue weighted by Gasteiger charge is 2.42. The first-order valence-corrected chi connectivity index (χ1v) is 10.1. The van der Waals surface area contributed by atoms with Crippen molar-refractivity contribution in [3.05, 3.63) is 53.1 Å². The number of aromatic carboxylic acids is 1. The quantitative estimate of drug-likeness (QED) is 0.847. The Hall–Kier alpha value is -2.50. The molecule has 0 radical (unpaired) electrons. The molecule has 0 bridgehead atoms. The molecule has 2 aliphatic rings. The predicted octanol–water partition coefficient (Wildman–Crippen LogP) is 4.41. The Labute approximate surface area is 164 Å². The molecule has 0 spiro atoms. The van der Waals surface area contributed by atoms with E-state index in [-0.39, 0.29) is 11.4 Å². The molecule has 4 rings (SSSR count). The molecule has 1 saturated carbocycles. The van der Waals surface area contributed by atoms with Crippen LogP contribution >= 0.6 is 0 Å². The van der Waals surface area contributed by atoms with E-state index in [0.29, 0.717) is 17.6 Å². The molecule has 2 aromatic rings. The van der Waals surface area contributed by atoms with Gasteiger partial charge in [-0.15, -0.1) is 0 Å². The van der Waals surface area contributed by atoms with Crippen LogP contribution in [0.15, 0.2) is 30.5 Å². The monoisotopic (exact) mass is 383 g/mol. The van der Waals surface area contributed by atoms with Crippen LogP contribution < -0.4 is 4.90 Å². The summed E-state index contributed by atoms with van der Waals surface area (Å²) in [5.41, 5.74) is 1.17. The summed E-state index contributed by atoms with van der Waals surface area (Å²) in [5, 5.41) is 9.81. The lowest BCUT2D eigenvalue weighted by Crippen LogP contribution is -2.36. The Bertz CT molecular complexity index is 855. The number of halogens is 1. The van der Waals surface area contributed by atoms with Gasteiger partial charge in [0.2, 0.25) is 5.95 Å². The van der Waals surface area contributed by atoms with Crippen LogP contribution in [-0.4, -0.2) is 34.1 Å². The van der Waals surface area contributed by atoms with Crippen molar-refractivity contribution in [1.29, 1.82) is 0 Å². The van der Waals surface area contributed by atoms with Crippen LogP contribution in [0.25, 0.3) is 0 Å². The summed E-state index contributed by atoms with van der Waals surface area (Å²) in [4.78, 5) is 23.4. The van der Waals surface area contributed by atoms with E-state index in [4.69, 9.17) is 4.98 Å². The van der Waals surface area contributed by atoms with Gasteiger partial charge in [0.25, 0.3) is 0 Å². The lowest BCUT2D eigenvalue weighted by molar-refractivity contribution is 0.0693. The van der Waals surface area contributed by atoms with Gasteiger partial charge in [0, 0.05) is 24.7 Å². The van der Waals surface area contributed by atoms with Crippen LogP contribution in [0.3, 0.4) is 0 Å². The van der Waals surface area contributed by atoms with E-state index in [1.54, 1.807) is 12.1 Å². The molecule has 28 heavy (non-hydrogen) atoms. The molecule has 1 aliphatic heterocycles. The largest absolute Gasteiger partial charge is 0.478 e. The van der Waals surface area contributed by atoms with Crippen molar-refractivity contribution in [2.24, 2.45) is 5.92 Å². The number of hydrogen-bond donors (Lipinski definition) is 1. The minimum atomic E-state index is -1.01. The maximum atomic E-state index is 13.5. The van der Waals surface area contributed by atoms with Gasteiger partial charge in [0.05, 0.1) is 5.69 Å². The summed E-state index contributed by atoms with van der Waals surface area (Å²) in [6.07, 6.45) is 7.25. The van der Waals surface area contributed by atoms with E-state index >= 15 is 0 Å². The smallest absolute Gasteiger partial charge is 0.339 e. The third-order valence-corrected chi connectivity index (χ3v) is 6.38. The summed E-state index contributed by atoms with van der Waals surface area (Å²) < 4.78 is 13.5. The third kappa shape index (κ3) is 3.36. The Morgan fingerprint density at radius 2 is 1.82 bits per heavy atom. The lowest BCUT2D eigenvalue weighted by Gasteiger charge is -2.33. The molecule has 148 valence electrons. The van der Waals surface area contributed by atoms with Crippen LogP contribution in [0, 0.1) is 11.7 Å². The molecule has 1 aliphatic carbocycles. The van der Waals surface area contributed by atoms with Crippen LogP contribution in [0.4, 0.5) is 10.3 Å². The zero-order valence-corrected chi connectivity index (χ0v) is 16.2. The second-order valence-corrected chi connectivity index (χ2v) is 8.20. The van der Waals surface area contributed by atoms with Crippen LogP contribution in [0.5, 0.6) is 0 Å². The van der Waals surface area contributed by atoms with Crippen molar-refractivity contribution in [2.75, 3.05) is 18.0 Å². The molecular formula is C22H26FN3O2. The van der Waals surface area contributed by atoms with Gasteiger partial charge in [0.15, 0.2) is 0 Å². The minimum Gasteiger partial charge on any atom is -0.478 e. The van der Waals surface area contributed by atoms with Gasteiger partial charge in [0.1, 0.15) is 11.4 Å². The standard InChI is InChI=1S/C22H26FN3O2/c1-15-8-12-26(13-9-15)21-24-14-18(20(27)28)19(25-21)22(10-2-3-11-22)16-4-6-17(23)7-5-16/h4-7,14-15H,2-3,8-13H2,1H3,(H,27,28). The first kappa shape index (κ1) is 18.8. The predicted molar refractivity (Wildman–Crippen MR) is 105 cm³/mol.